The van der Waals surface area contributed by atoms with Crippen LogP contribution < -0.4 is 5.32 Å². The lowest BCUT2D eigenvalue weighted by molar-refractivity contribution is -0.122. The maximum atomic E-state index is 12.4. The summed E-state index contributed by atoms with van der Waals surface area (Å²) in [5.41, 5.74) is 2.97. The Morgan fingerprint density at radius 1 is 1.42 bits per heavy atom. The van der Waals surface area contributed by atoms with Gasteiger partial charge in [0.25, 0.3) is 0 Å². The number of rotatable bonds is 3. The molecule has 5 nitrogen and oxygen atoms in total. The Labute approximate surface area is 144 Å². The van der Waals surface area contributed by atoms with Gasteiger partial charge in [-0.15, -0.1) is 11.3 Å². The molecule has 1 aliphatic rings. The number of aliphatic hydroxyl groups is 1. The molecule has 0 saturated carbocycles. The van der Waals surface area contributed by atoms with Crippen LogP contribution in [0.3, 0.4) is 0 Å². The normalized spacial score (nSPS) is 20.1. The number of nitrogens with one attached hydrogen (secondary N) is 1. The van der Waals surface area contributed by atoms with E-state index >= 15 is 0 Å². The van der Waals surface area contributed by atoms with E-state index in [0.29, 0.717) is 6.42 Å². The van der Waals surface area contributed by atoms with Crippen molar-refractivity contribution in [2.75, 3.05) is 0 Å². The molecular weight excluding hydrogens is 322 g/mol. The van der Waals surface area contributed by atoms with Crippen LogP contribution in [-0.2, 0) is 17.6 Å². The Morgan fingerprint density at radius 3 is 3.08 bits per heavy atom. The van der Waals surface area contributed by atoms with Gasteiger partial charge < -0.3 is 10.4 Å². The van der Waals surface area contributed by atoms with E-state index in [0.717, 1.165) is 22.6 Å². The first-order valence-corrected chi connectivity index (χ1v) is 8.91. The number of aryl methyl sites for hydroxylation is 2. The highest BCUT2D eigenvalue weighted by atomic mass is 32.1. The lowest BCUT2D eigenvalue weighted by Gasteiger charge is -2.31. The predicted octanol–water partition coefficient (Wildman–Crippen LogP) is 2.41. The minimum absolute atomic E-state index is 0.113. The van der Waals surface area contributed by atoms with E-state index in [2.05, 4.69) is 16.4 Å². The van der Waals surface area contributed by atoms with Crippen LogP contribution in [0.4, 0.5) is 0 Å². The summed E-state index contributed by atoms with van der Waals surface area (Å²) in [5.74, 6) is -0.113. The summed E-state index contributed by atoms with van der Waals surface area (Å²) in [7, 11) is 0. The molecule has 0 fully saturated rings. The predicted molar refractivity (Wildman–Crippen MR) is 93.2 cm³/mol. The molecule has 0 unspecified atom stereocenters. The van der Waals surface area contributed by atoms with Crippen molar-refractivity contribution in [2.24, 2.45) is 0 Å². The number of amides is 1. The summed E-state index contributed by atoms with van der Waals surface area (Å²) in [6.45, 7) is 2.04. The Morgan fingerprint density at radius 2 is 2.25 bits per heavy atom. The number of imidazole rings is 1. The first kappa shape index (κ1) is 15.4. The van der Waals surface area contributed by atoms with Crippen LogP contribution in [0.1, 0.15) is 34.2 Å². The number of thiazole rings is 1. The van der Waals surface area contributed by atoms with Crippen molar-refractivity contribution >= 4 is 22.2 Å². The van der Waals surface area contributed by atoms with Crippen LogP contribution in [0.15, 0.2) is 36.7 Å². The highest BCUT2D eigenvalue weighted by Crippen LogP contribution is 2.30. The first-order chi connectivity index (χ1) is 11.6. The third kappa shape index (κ3) is 2.83. The molecule has 2 N–H and O–H groups in total. The number of fused-ring (bicyclic) bond motifs is 2. The zero-order valence-electron chi connectivity index (χ0n) is 13.4. The lowest BCUT2D eigenvalue weighted by Crippen LogP contribution is -2.40. The van der Waals surface area contributed by atoms with Crippen LogP contribution in [0.5, 0.6) is 0 Å². The molecular formula is C18H19N3O2S. The maximum absolute atomic E-state index is 12.4. The molecule has 4 rings (SSSR count). The van der Waals surface area contributed by atoms with Crippen molar-refractivity contribution < 1.29 is 9.90 Å². The van der Waals surface area contributed by atoms with Gasteiger partial charge in [0.05, 0.1) is 24.3 Å². The average molecular weight is 341 g/mol. The average Bonchev–Trinajstić information content (AvgIpc) is 3.06. The number of aliphatic hydroxyl groups excluding tert-OH is 1. The van der Waals surface area contributed by atoms with Crippen LogP contribution in [-0.4, -0.2) is 26.5 Å². The summed E-state index contributed by atoms with van der Waals surface area (Å²) in [6, 6.07) is 7.65. The van der Waals surface area contributed by atoms with Crippen molar-refractivity contribution in [2.45, 2.75) is 38.3 Å². The van der Waals surface area contributed by atoms with E-state index in [1.807, 2.05) is 41.9 Å². The van der Waals surface area contributed by atoms with E-state index < -0.39 is 6.10 Å². The van der Waals surface area contributed by atoms with Gasteiger partial charge in [0.15, 0.2) is 4.96 Å². The molecule has 124 valence electrons. The second-order valence-electron chi connectivity index (χ2n) is 6.29. The molecule has 0 radical (unpaired) electrons. The SMILES string of the molecule is Cc1cn2cc(CC(=O)N[C@H]3c4ccccc4CC[C@H]3O)nc2s1. The van der Waals surface area contributed by atoms with Crippen molar-refractivity contribution in [3.63, 3.8) is 0 Å². The Kier molecular flexibility index (Phi) is 3.86. The molecule has 1 aromatic carbocycles. The molecule has 6 heteroatoms. The van der Waals surface area contributed by atoms with Gasteiger partial charge in [-0.05, 0) is 30.9 Å². The van der Waals surface area contributed by atoms with E-state index in [1.54, 1.807) is 11.3 Å². The molecule has 0 aliphatic heterocycles. The zero-order valence-corrected chi connectivity index (χ0v) is 14.2. The standard InChI is InChI=1S/C18H19N3O2S/c1-11-9-21-10-13(19-18(21)24-11)8-16(23)20-17-14-5-3-2-4-12(14)6-7-15(17)22/h2-5,9-10,15,17,22H,6-8H2,1H3,(H,20,23)/t15-,17+/m1/s1. The second-order valence-corrected chi connectivity index (χ2v) is 7.50. The molecule has 0 bridgehead atoms. The van der Waals surface area contributed by atoms with Crippen molar-refractivity contribution in [1.29, 1.82) is 0 Å². The number of hydrogen-bond donors (Lipinski definition) is 2. The van der Waals surface area contributed by atoms with Crippen LogP contribution in [0.25, 0.3) is 4.96 Å². The number of aromatic nitrogens is 2. The maximum Gasteiger partial charge on any atom is 0.226 e. The number of carbonyl (C=O) groups excluding carboxylic acids is 1. The summed E-state index contributed by atoms with van der Waals surface area (Å²) < 4.78 is 1.95. The number of nitrogens with zero attached hydrogens (tertiary/aromatic N) is 2. The van der Waals surface area contributed by atoms with Crippen molar-refractivity contribution in [3.8, 4) is 0 Å². The molecule has 1 amide bonds. The molecule has 0 spiro atoms. The minimum Gasteiger partial charge on any atom is -0.391 e. The topological polar surface area (TPSA) is 66.6 Å². The van der Waals surface area contributed by atoms with Gasteiger partial charge in [0.2, 0.25) is 5.91 Å². The number of benzene rings is 1. The number of hydrogen-bond acceptors (Lipinski definition) is 4. The van der Waals surface area contributed by atoms with Crippen molar-refractivity contribution in [1.82, 2.24) is 14.7 Å². The second kappa shape index (κ2) is 6.03. The molecule has 2 heterocycles. The van der Waals surface area contributed by atoms with Crippen molar-refractivity contribution in [3.05, 3.63) is 58.4 Å². The Hall–Kier alpha value is -2.18. The lowest BCUT2D eigenvalue weighted by atomic mass is 9.85. The molecule has 1 aliphatic carbocycles. The summed E-state index contributed by atoms with van der Waals surface area (Å²) in [5, 5.41) is 13.3. The molecule has 2 aromatic heterocycles. The van der Waals surface area contributed by atoms with E-state index in [9.17, 15) is 9.90 Å². The molecule has 2 atom stereocenters. The molecule has 3 aromatic rings. The minimum atomic E-state index is -0.544. The van der Waals surface area contributed by atoms with E-state index in [-0.39, 0.29) is 18.4 Å². The third-order valence-corrected chi connectivity index (χ3v) is 5.38. The van der Waals surface area contributed by atoms with Gasteiger partial charge in [0, 0.05) is 17.3 Å². The third-order valence-electron chi connectivity index (χ3n) is 4.46. The van der Waals surface area contributed by atoms with Gasteiger partial charge in [-0.25, -0.2) is 4.98 Å². The summed E-state index contributed by atoms with van der Waals surface area (Å²) >= 11 is 1.61. The fourth-order valence-electron chi connectivity index (χ4n) is 3.35. The highest BCUT2D eigenvalue weighted by molar-refractivity contribution is 7.16. The molecule has 0 saturated heterocycles. The van der Waals surface area contributed by atoms with Crippen LogP contribution in [0, 0.1) is 6.92 Å². The van der Waals surface area contributed by atoms with Gasteiger partial charge in [-0.2, -0.15) is 0 Å². The highest BCUT2D eigenvalue weighted by Gasteiger charge is 2.29. The first-order valence-electron chi connectivity index (χ1n) is 8.09. The van der Waals surface area contributed by atoms with Gasteiger partial charge in [-0.3, -0.25) is 9.20 Å². The van der Waals surface area contributed by atoms with Crippen LogP contribution >= 0.6 is 11.3 Å². The van der Waals surface area contributed by atoms with E-state index in [4.69, 9.17) is 0 Å². The Balaban J connectivity index is 1.50. The summed E-state index contributed by atoms with van der Waals surface area (Å²) in [6.07, 6.45) is 5.09. The van der Waals surface area contributed by atoms with Crippen LogP contribution in [0.2, 0.25) is 0 Å². The van der Waals surface area contributed by atoms with Gasteiger partial charge in [0.1, 0.15) is 0 Å². The van der Waals surface area contributed by atoms with Gasteiger partial charge >= 0.3 is 0 Å². The monoisotopic (exact) mass is 341 g/mol. The summed E-state index contributed by atoms with van der Waals surface area (Å²) in [4.78, 5) is 19.0. The smallest absolute Gasteiger partial charge is 0.226 e. The molecule has 24 heavy (non-hydrogen) atoms. The largest absolute Gasteiger partial charge is 0.391 e. The zero-order chi connectivity index (χ0) is 16.7. The van der Waals surface area contributed by atoms with E-state index in [1.165, 1.54) is 10.4 Å². The van der Waals surface area contributed by atoms with Gasteiger partial charge in [-0.1, -0.05) is 24.3 Å². The fourth-order valence-corrected chi connectivity index (χ4v) is 4.18. The Bertz CT molecular complexity index is 867. The fraction of sp³-hybridized carbons (Fsp3) is 0.333. The quantitative estimate of drug-likeness (QED) is 0.769. The number of carbonyl (C=O) groups is 1.